The first-order valence-corrected chi connectivity index (χ1v) is 11.1. The number of benzene rings is 2. The molecule has 4 aromatic rings. The van der Waals surface area contributed by atoms with Crippen LogP contribution in [0.4, 0.5) is 21.0 Å². The number of carbonyl (C=O) groups excluding carboxylic acids is 1. The summed E-state index contributed by atoms with van der Waals surface area (Å²) in [6.45, 7) is 4.11. The summed E-state index contributed by atoms with van der Waals surface area (Å²) >= 11 is 1.26. The van der Waals surface area contributed by atoms with E-state index in [-0.39, 0.29) is 11.7 Å². The number of thiazole rings is 1. The Labute approximate surface area is 189 Å². The fraction of sp³-hybridized carbons (Fsp3) is 0.167. The van der Waals surface area contributed by atoms with Crippen molar-refractivity contribution in [3.05, 3.63) is 83.4 Å². The Bertz CT molecular complexity index is 1210. The molecule has 0 aliphatic heterocycles. The van der Waals surface area contributed by atoms with Gasteiger partial charge >= 0.3 is 0 Å². The zero-order chi connectivity index (χ0) is 22.5. The second-order valence-electron chi connectivity index (χ2n) is 7.67. The Balaban J connectivity index is 1.44. The molecule has 4 rings (SSSR count). The number of hydrogen-bond donors (Lipinski definition) is 2. The SMILES string of the molecule is CC(C)Cc1cccc(-c2csc(NC(=O)c3ccc(Nc4ccncn4)cc3)n2)c1F. The third-order valence-corrected chi connectivity index (χ3v) is 5.47. The largest absolute Gasteiger partial charge is 0.340 e. The molecule has 2 aromatic heterocycles. The number of hydrogen-bond acceptors (Lipinski definition) is 6. The van der Waals surface area contributed by atoms with Gasteiger partial charge in [0.05, 0.1) is 5.69 Å². The minimum atomic E-state index is -0.284. The lowest BCUT2D eigenvalue weighted by Gasteiger charge is -2.09. The molecular weight excluding hydrogens is 425 g/mol. The molecule has 2 N–H and O–H groups in total. The molecule has 0 unspecified atom stereocenters. The Morgan fingerprint density at radius 3 is 2.66 bits per heavy atom. The minimum absolute atomic E-state index is 0.254. The predicted octanol–water partition coefficient (Wildman–Crippen LogP) is 5.93. The number of nitrogens with one attached hydrogen (secondary N) is 2. The molecule has 6 nitrogen and oxygen atoms in total. The van der Waals surface area contributed by atoms with Crippen molar-refractivity contribution >= 4 is 33.9 Å². The zero-order valence-corrected chi connectivity index (χ0v) is 18.5. The van der Waals surface area contributed by atoms with E-state index in [4.69, 9.17) is 0 Å². The molecule has 0 fully saturated rings. The van der Waals surface area contributed by atoms with E-state index in [0.29, 0.717) is 45.7 Å². The number of amides is 1. The first-order chi connectivity index (χ1) is 15.5. The van der Waals surface area contributed by atoms with Crippen molar-refractivity contribution in [2.75, 3.05) is 10.6 Å². The van der Waals surface area contributed by atoms with Crippen molar-refractivity contribution in [1.29, 1.82) is 0 Å². The van der Waals surface area contributed by atoms with Gasteiger partial charge in [0.1, 0.15) is 18.0 Å². The molecule has 0 spiro atoms. The lowest BCUT2D eigenvalue weighted by atomic mass is 9.99. The highest BCUT2D eigenvalue weighted by atomic mass is 32.1. The van der Waals surface area contributed by atoms with Gasteiger partial charge in [0.15, 0.2) is 5.13 Å². The molecule has 0 atom stereocenters. The molecular formula is C24H22FN5OS. The van der Waals surface area contributed by atoms with Crippen LogP contribution in [0.15, 0.2) is 66.4 Å². The maximum Gasteiger partial charge on any atom is 0.257 e. The highest BCUT2D eigenvalue weighted by molar-refractivity contribution is 7.14. The number of carbonyl (C=O) groups is 1. The summed E-state index contributed by atoms with van der Waals surface area (Å²) in [7, 11) is 0. The van der Waals surface area contributed by atoms with Crippen molar-refractivity contribution in [2.45, 2.75) is 20.3 Å². The van der Waals surface area contributed by atoms with Gasteiger partial charge in [0.2, 0.25) is 0 Å². The summed E-state index contributed by atoms with van der Waals surface area (Å²) in [6, 6.07) is 14.1. The Hall–Kier alpha value is -3.65. The van der Waals surface area contributed by atoms with Crippen LogP contribution in [0.3, 0.4) is 0 Å². The molecule has 0 aliphatic carbocycles. The van der Waals surface area contributed by atoms with Gasteiger partial charge in [-0.25, -0.2) is 19.3 Å². The standard InChI is InChI=1S/C24H22FN5OS/c1-15(2)12-17-4-3-5-19(22(17)25)20-13-32-24(29-20)30-23(31)16-6-8-18(9-7-16)28-21-10-11-26-14-27-21/h3-11,13-15H,12H2,1-2H3,(H,26,27,28)(H,29,30,31). The van der Waals surface area contributed by atoms with E-state index in [1.807, 2.05) is 6.07 Å². The first-order valence-electron chi connectivity index (χ1n) is 10.2. The number of rotatable bonds is 7. The minimum Gasteiger partial charge on any atom is -0.340 e. The van der Waals surface area contributed by atoms with E-state index in [1.165, 1.54) is 17.7 Å². The second kappa shape index (κ2) is 9.65. The van der Waals surface area contributed by atoms with Crippen molar-refractivity contribution < 1.29 is 9.18 Å². The van der Waals surface area contributed by atoms with Crippen LogP contribution in [0.2, 0.25) is 0 Å². The summed E-state index contributed by atoms with van der Waals surface area (Å²) in [6.07, 6.45) is 3.76. The van der Waals surface area contributed by atoms with Crippen molar-refractivity contribution in [1.82, 2.24) is 15.0 Å². The van der Waals surface area contributed by atoms with Gasteiger partial charge in [-0.3, -0.25) is 10.1 Å². The zero-order valence-electron chi connectivity index (χ0n) is 17.7. The van der Waals surface area contributed by atoms with Crippen LogP contribution < -0.4 is 10.6 Å². The second-order valence-corrected chi connectivity index (χ2v) is 8.52. The van der Waals surface area contributed by atoms with E-state index in [1.54, 1.807) is 54.0 Å². The average Bonchev–Trinajstić information content (AvgIpc) is 3.24. The van der Waals surface area contributed by atoms with Crippen molar-refractivity contribution in [3.63, 3.8) is 0 Å². The molecule has 0 aliphatic rings. The highest BCUT2D eigenvalue weighted by Gasteiger charge is 2.15. The van der Waals surface area contributed by atoms with E-state index in [9.17, 15) is 9.18 Å². The number of halogens is 1. The van der Waals surface area contributed by atoms with Gasteiger partial charge < -0.3 is 5.32 Å². The summed E-state index contributed by atoms with van der Waals surface area (Å²) in [5, 5.41) is 8.09. The van der Waals surface area contributed by atoms with Crippen LogP contribution in [-0.4, -0.2) is 20.9 Å². The van der Waals surface area contributed by atoms with Crippen LogP contribution in [0.1, 0.15) is 29.8 Å². The summed E-state index contributed by atoms with van der Waals surface area (Å²) < 4.78 is 14.9. The number of nitrogens with zero attached hydrogens (tertiary/aromatic N) is 3. The Kier molecular flexibility index (Phi) is 6.51. The molecule has 0 saturated carbocycles. The van der Waals surface area contributed by atoms with Crippen LogP contribution in [-0.2, 0) is 6.42 Å². The lowest BCUT2D eigenvalue weighted by molar-refractivity contribution is 0.102. The fourth-order valence-corrected chi connectivity index (χ4v) is 3.92. The maximum atomic E-state index is 14.9. The molecule has 32 heavy (non-hydrogen) atoms. The molecule has 0 saturated heterocycles. The average molecular weight is 448 g/mol. The quantitative estimate of drug-likeness (QED) is 0.367. The topological polar surface area (TPSA) is 79.8 Å². The molecule has 8 heteroatoms. The first kappa shape index (κ1) is 21.6. The molecule has 2 aromatic carbocycles. The summed E-state index contributed by atoms with van der Waals surface area (Å²) in [5.74, 6) is 0.481. The van der Waals surface area contributed by atoms with Crippen molar-refractivity contribution in [2.24, 2.45) is 5.92 Å². The Morgan fingerprint density at radius 1 is 1.12 bits per heavy atom. The third kappa shape index (κ3) is 5.15. The number of aromatic nitrogens is 3. The lowest BCUT2D eigenvalue weighted by Crippen LogP contribution is -2.11. The van der Waals surface area contributed by atoms with Crippen LogP contribution in [0, 0.1) is 11.7 Å². The number of anilines is 3. The van der Waals surface area contributed by atoms with Gasteiger partial charge in [0, 0.05) is 28.4 Å². The molecule has 0 radical (unpaired) electrons. The van der Waals surface area contributed by atoms with Crippen LogP contribution in [0.25, 0.3) is 11.3 Å². The van der Waals surface area contributed by atoms with E-state index in [2.05, 4.69) is 39.4 Å². The van der Waals surface area contributed by atoms with Gasteiger partial charge in [-0.05, 0) is 54.3 Å². The Morgan fingerprint density at radius 2 is 1.94 bits per heavy atom. The highest BCUT2D eigenvalue weighted by Crippen LogP contribution is 2.29. The predicted molar refractivity (Wildman–Crippen MR) is 126 cm³/mol. The van der Waals surface area contributed by atoms with Crippen LogP contribution in [0.5, 0.6) is 0 Å². The molecule has 1 amide bonds. The molecule has 0 bridgehead atoms. The van der Waals surface area contributed by atoms with Gasteiger partial charge in [-0.15, -0.1) is 11.3 Å². The van der Waals surface area contributed by atoms with E-state index < -0.39 is 0 Å². The van der Waals surface area contributed by atoms with Gasteiger partial charge in [-0.2, -0.15) is 0 Å². The van der Waals surface area contributed by atoms with Gasteiger partial charge in [0.25, 0.3) is 5.91 Å². The maximum absolute atomic E-state index is 14.9. The monoisotopic (exact) mass is 447 g/mol. The van der Waals surface area contributed by atoms with E-state index in [0.717, 1.165) is 5.69 Å². The third-order valence-electron chi connectivity index (χ3n) is 4.71. The molecule has 2 heterocycles. The summed E-state index contributed by atoms with van der Waals surface area (Å²) in [4.78, 5) is 25.0. The summed E-state index contributed by atoms with van der Waals surface area (Å²) in [5.41, 5.74) is 2.92. The normalized spacial score (nSPS) is 10.9. The fourth-order valence-electron chi connectivity index (χ4n) is 3.22. The van der Waals surface area contributed by atoms with Crippen LogP contribution >= 0.6 is 11.3 Å². The smallest absolute Gasteiger partial charge is 0.257 e. The van der Waals surface area contributed by atoms with E-state index >= 15 is 0 Å². The van der Waals surface area contributed by atoms with Crippen molar-refractivity contribution in [3.8, 4) is 11.3 Å². The molecule has 162 valence electrons. The van der Waals surface area contributed by atoms with Gasteiger partial charge in [-0.1, -0.05) is 26.0 Å².